The molecule has 0 atom stereocenters. The Morgan fingerprint density at radius 2 is 2.38 bits per heavy atom. The lowest BCUT2D eigenvalue weighted by molar-refractivity contribution is -0.116. The number of carbonyl (C=O) groups is 1. The lowest BCUT2D eigenvalue weighted by Crippen LogP contribution is -2.21. The van der Waals surface area contributed by atoms with Crippen molar-refractivity contribution >= 4 is 32.5 Å². The summed E-state index contributed by atoms with van der Waals surface area (Å²) < 4.78 is 1.18. The van der Waals surface area contributed by atoms with Gasteiger partial charge in [-0.25, -0.2) is 0 Å². The van der Waals surface area contributed by atoms with Crippen molar-refractivity contribution in [2.24, 2.45) is 0 Å². The number of aromatic amines is 1. The topological polar surface area (TPSA) is 36.1 Å². The largest absolute Gasteiger partial charge is 0.360 e. The van der Waals surface area contributed by atoms with E-state index in [2.05, 4.69) is 4.98 Å². The van der Waals surface area contributed by atoms with Crippen LogP contribution in [0.4, 0.5) is 5.00 Å². The van der Waals surface area contributed by atoms with Gasteiger partial charge in [0.15, 0.2) is 0 Å². The van der Waals surface area contributed by atoms with Crippen molar-refractivity contribution in [1.82, 2.24) is 4.98 Å². The number of amides is 1. The minimum atomic E-state index is 0.0592. The van der Waals surface area contributed by atoms with Crippen LogP contribution in [-0.2, 0) is 4.79 Å². The highest BCUT2D eigenvalue weighted by Crippen LogP contribution is 2.30. The lowest BCUT2D eigenvalue weighted by atomic mass is 10.5. The van der Waals surface area contributed by atoms with Crippen molar-refractivity contribution in [3.05, 3.63) is 18.3 Å². The highest BCUT2D eigenvalue weighted by molar-refractivity contribution is 7.22. The molecular weight excluding hydrogens is 184 g/mol. The fourth-order valence-corrected chi connectivity index (χ4v) is 2.19. The molecule has 0 saturated heterocycles. The van der Waals surface area contributed by atoms with E-state index in [9.17, 15) is 4.79 Å². The van der Waals surface area contributed by atoms with Gasteiger partial charge in [0.1, 0.15) is 0 Å². The molecule has 0 saturated carbocycles. The number of anilines is 1. The van der Waals surface area contributed by atoms with E-state index < -0.39 is 0 Å². The molecule has 0 aliphatic carbocycles. The zero-order chi connectivity index (χ0) is 9.42. The number of thiophene rings is 1. The molecular formula is C9H10N2OS. The Balaban J connectivity index is 2.44. The zero-order valence-corrected chi connectivity index (χ0v) is 8.31. The Morgan fingerprint density at radius 1 is 1.62 bits per heavy atom. The molecule has 3 nitrogen and oxygen atoms in total. The van der Waals surface area contributed by atoms with E-state index in [4.69, 9.17) is 0 Å². The Labute approximate surface area is 80.0 Å². The van der Waals surface area contributed by atoms with Crippen molar-refractivity contribution < 1.29 is 4.79 Å². The van der Waals surface area contributed by atoms with E-state index in [0.29, 0.717) is 0 Å². The maximum atomic E-state index is 11.1. The SMILES string of the molecule is CC(=O)N(C)c1cc2[nH]ccc2s1. The molecule has 0 spiro atoms. The number of hydrogen-bond acceptors (Lipinski definition) is 2. The third kappa shape index (κ3) is 1.33. The van der Waals surface area contributed by atoms with E-state index in [1.165, 1.54) is 4.70 Å². The highest BCUT2D eigenvalue weighted by Gasteiger charge is 2.09. The second-order valence-corrected chi connectivity index (χ2v) is 3.98. The van der Waals surface area contributed by atoms with Gasteiger partial charge in [-0.15, -0.1) is 11.3 Å². The first-order valence-electron chi connectivity index (χ1n) is 3.99. The van der Waals surface area contributed by atoms with Gasteiger partial charge in [-0.2, -0.15) is 0 Å². The van der Waals surface area contributed by atoms with Crippen LogP contribution in [0.5, 0.6) is 0 Å². The van der Waals surface area contributed by atoms with Crippen molar-refractivity contribution in [3.8, 4) is 0 Å². The molecule has 0 aliphatic heterocycles. The van der Waals surface area contributed by atoms with Gasteiger partial charge in [-0.05, 0) is 12.1 Å². The summed E-state index contributed by atoms with van der Waals surface area (Å²) in [6.07, 6.45) is 1.90. The number of carbonyl (C=O) groups excluding carboxylic acids is 1. The number of H-pyrrole nitrogens is 1. The molecule has 13 heavy (non-hydrogen) atoms. The van der Waals surface area contributed by atoms with Gasteiger partial charge in [0.05, 0.1) is 15.2 Å². The predicted molar refractivity (Wildman–Crippen MR) is 55.3 cm³/mol. The first-order chi connectivity index (χ1) is 6.18. The molecule has 0 aliphatic rings. The Bertz CT molecular complexity index is 415. The average Bonchev–Trinajstić information content (AvgIpc) is 2.59. The summed E-state index contributed by atoms with van der Waals surface area (Å²) in [6, 6.07) is 4.00. The first-order valence-corrected chi connectivity index (χ1v) is 4.81. The summed E-state index contributed by atoms with van der Waals surface area (Å²) in [5.41, 5.74) is 1.09. The van der Waals surface area contributed by atoms with Crippen LogP contribution in [0.2, 0.25) is 0 Å². The van der Waals surface area contributed by atoms with Crippen LogP contribution < -0.4 is 4.90 Å². The van der Waals surface area contributed by atoms with Gasteiger partial charge < -0.3 is 9.88 Å². The predicted octanol–water partition coefficient (Wildman–Crippen LogP) is 2.21. The van der Waals surface area contributed by atoms with Gasteiger partial charge in [0.2, 0.25) is 5.91 Å². The van der Waals surface area contributed by atoms with Crippen LogP contribution in [0.3, 0.4) is 0 Å². The third-order valence-electron chi connectivity index (χ3n) is 2.02. The Kier molecular flexibility index (Phi) is 1.84. The molecule has 4 heteroatoms. The molecule has 2 heterocycles. The van der Waals surface area contributed by atoms with E-state index >= 15 is 0 Å². The van der Waals surface area contributed by atoms with E-state index in [1.807, 2.05) is 18.3 Å². The normalized spacial score (nSPS) is 10.6. The molecule has 2 aromatic rings. The zero-order valence-electron chi connectivity index (χ0n) is 7.50. The average molecular weight is 194 g/mol. The number of nitrogens with zero attached hydrogens (tertiary/aromatic N) is 1. The van der Waals surface area contributed by atoms with E-state index in [0.717, 1.165) is 10.5 Å². The maximum absolute atomic E-state index is 11.1. The summed E-state index contributed by atoms with van der Waals surface area (Å²) in [7, 11) is 1.78. The smallest absolute Gasteiger partial charge is 0.224 e. The maximum Gasteiger partial charge on any atom is 0.224 e. The van der Waals surface area contributed by atoms with Crippen molar-refractivity contribution in [2.45, 2.75) is 6.92 Å². The summed E-state index contributed by atoms with van der Waals surface area (Å²) >= 11 is 1.61. The molecule has 2 rings (SSSR count). The van der Waals surface area contributed by atoms with Crippen LogP contribution >= 0.6 is 11.3 Å². The van der Waals surface area contributed by atoms with Crippen LogP contribution in [0, 0.1) is 0 Å². The minimum Gasteiger partial charge on any atom is -0.360 e. The van der Waals surface area contributed by atoms with Gasteiger partial charge in [-0.3, -0.25) is 4.79 Å². The summed E-state index contributed by atoms with van der Waals surface area (Å²) in [5, 5.41) is 0.981. The second-order valence-electron chi connectivity index (χ2n) is 2.92. The molecule has 1 amide bonds. The van der Waals surface area contributed by atoms with Gasteiger partial charge >= 0.3 is 0 Å². The number of rotatable bonds is 1. The van der Waals surface area contributed by atoms with Gasteiger partial charge in [0.25, 0.3) is 0 Å². The molecule has 0 unspecified atom stereocenters. The monoisotopic (exact) mass is 194 g/mol. The van der Waals surface area contributed by atoms with Crippen molar-refractivity contribution in [1.29, 1.82) is 0 Å². The minimum absolute atomic E-state index is 0.0592. The second kappa shape index (κ2) is 2.88. The molecule has 0 fully saturated rings. The van der Waals surface area contributed by atoms with Crippen LogP contribution in [0.1, 0.15) is 6.92 Å². The van der Waals surface area contributed by atoms with E-state index in [-0.39, 0.29) is 5.91 Å². The first kappa shape index (κ1) is 8.31. The number of nitrogens with one attached hydrogen (secondary N) is 1. The fraction of sp³-hybridized carbons (Fsp3) is 0.222. The van der Waals surface area contributed by atoms with Crippen molar-refractivity contribution in [2.75, 3.05) is 11.9 Å². The quantitative estimate of drug-likeness (QED) is 0.742. The fourth-order valence-electron chi connectivity index (χ4n) is 1.16. The van der Waals surface area contributed by atoms with Gasteiger partial charge in [-0.1, -0.05) is 0 Å². The molecule has 2 aromatic heterocycles. The summed E-state index contributed by atoms with van der Waals surface area (Å²) in [4.78, 5) is 15.8. The van der Waals surface area contributed by atoms with E-state index in [1.54, 1.807) is 30.2 Å². The third-order valence-corrected chi connectivity index (χ3v) is 3.20. The van der Waals surface area contributed by atoms with Crippen LogP contribution in [0.15, 0.2) is 18.3 Å². The highest BCUT2D eigenvalue weighted by atomic mass is 32.1. The summed E-state index contributed by atoms with van der Waals surface area (Å²) in [5.74, 6) is 0.0592. The molecule has 0 bridgehead atoms. The Morgan fingerprint density at radius 3 is 3.00 bits per heavy atom. The van der Waals surface area contributed by atoms with Crippen molar-refractivity contribution in [3.63, 3.8) is 0 Å². The number of fused-ring (bicyclic) bond motifs is 1. The molecule has 68 valence electrons. The van der Waals surface area contributed by atoms with Gasteiger partial charge in [0, 0.05) is 20.2 Å². The molecule has 1 N–H and O–H groups in total. The number of hydrogen-bond donors (Lipinski definition) is 1. The summed E-state index contributed by atoms with van der Waals surface area (Å²) in [6.45, 7) is 1.56. The number of aromatic nitrogens is 1. The molecule has 0 radical (unpaired) electrons. The van der Waals surface area contributed by atoms with Crippen LogP contribution in [0.25, 0.3) is 10.2 Å². The lowest BCUT2D eigenvalue weighted by Gasteiger charge is -2.10. The van der Waals surface area contributed by atoms with Crippen LogP contribution in [-0.4, -0.2) is 17.9 Å². The molecule has 0 aromatic carbocycles. The standard InChI is InChI=1S/C9H10N2OS/c1-6(12)11(2)9-5-7-8(13-9)3-4-10-7/h3-5,10H,1-2H3. The Hall–Kier alpha value is -1.29.